The first-order valence-electron chi connectivity index (χ1n) is 9.35. The first-order valence-corrected chi connectivity index (χ1v) is 9.35. The summed E-state index contributed by atoms with van der Waals surface area (Å²) in [6, 6.07) is 1.18. The molecule has 3 aliphatic heterocycles. The molecule has 0 aromatic carbocycles. The van der Waals surface area contributed by atoms with Gasteiger partial charge in [-0.15, -0.1) is 0 Å². The molecule has 0 spiro atoms. The molecule has 5 atom stereocenters. The molecule has 1 aliphatic carbocycles. The van der Waals surface area contributed by atoms with Crippen LogP contribution >= 0.6 is 0 Å². The number of rotatable bonds is 3. The van der Waals surface area contributed by atoms with Crippen LogP contribution in [0.1, 0.15) is 26.2 Å². The quantitative estimate of drug-likeness (QED) is 0.808. The third-order valence-electron chi connectivity index (χ3n) is 5.88. The smallest absolute Gasteiger partial charge is 0.140 e. The van der Waals surface area contributed by atoms with Crippen LogP contribution in [0, 0.1) is 5.92 Å². The Hall–Kier alpha value is -1.20. The fourth-order valence-electron chi connectivity index (χ4n) is 4.40. The summed E-state index contributed by atoms with van der Waals surface area (Å²) < 4.78 is 5.95. The summed E-state index contributed by atoms with van der Waals surface area (Å²) >= 11 is 0. The molecule has 4 nitrogen and oxygen atoms in total. The van der Waals surface area contributed by atoms with Gasteiger partial charge in [0.2, 0.25) is 0 Å². The van der Waals surface area contributed by atoms with Gasteiger partial charge in [-0.3, -0.25) is 5.32 Å². The number of nitrogens with zero attached hydrogens (tertiary/aromatic N) is 2. The molecule has 0 aromatic heterocycles. The number of fused-ring (bicyclic) bond motifs is 1. The fourth-order valence-corrected chi connectivity index (χ4v) is 4.40. The number of hydrogen-bond donors (Lipinski definition) is 1. The minimum Gasteiger partial charge on any atom is -0.348 e. The number of likely N-dealkylation sites (N-methyl/N-ethyl adjacent to an activating group) is 1. The Balaban J connectivity index is 1.38. The lowest BCUT2D eigenvalue weighted by Gasteiger charge is -2.51. The van der Waals surface area contributed by atoms with Gasteiger partial charge in [-0.2, -0.15) is 0 Å². The Labute approximate surface area is 145 Å². The summed E-state index contributed by atoms with van der Waals surface area (Å²) in [5.41, 5.74) is 1.25. The first-order chi connectivity index (χ1) is 11.7. The Morgan fingerprint density at radius 1 is 1.12 bits per heavy atom. The standard InChI is InChI=1S/C20H29N3O/c1-15-17(14-22(2)23-13-9-8-12-18(15)23)21-20-19(24-20)16-10-6-4-3-5-7-11-16/h3-7,10-11,15,17-21H,8-9,12-14H2,1-2H3/b4-3-,5-3?,6-4?,7-5-,10-6?,11-7?,16-10?,16-11?. The van der Waals surface area contributed by atoms with Gasteiger partial charge in [-0.1, -0.05) is 55.9 Å². The Bertz CT molecular complexity index is 579. The van der Waals surface area contributed by atoms with E-state index in [2.05, 4.69) is 65.8 Å². The van der Waals surface area contributed by atoms with Crippen LogP contribution in [-0.2, 0) is 4.74 Å². The minimum atomic E-state index is 0.161. The Morgan fingerprint density at radius 2 is 1.96 bits per heavy atom. The molecule has 4 rings (SSSR count). The van der Waals surface area contributed by atoms with Crippen molar-refractivity contribution in [3.8, 4) is 0 Å². The zero-order valence-corrected chi connectivity index (χ0v) is 14.8. The van der Waals surface area contributed by atoms with Crippen molar-refractivity contribution in [3.63, 3.8) is 0 Å². The Morgan fingerprint density at radius 3 is 2.88 bits per heavy atom. The zero-order valence-electron chi connectivity index (χ0n) is 14.8. The van der Waals surface area contributed by atoms with E-state index in [1.165, 1.54) is 31.4 Å². The molecular formula is C20H29N3O. The molecule has 1 N–H and O–H groups in total. The third kappa shape index (κ3) is 3.29. The molecule has 0 bridgehead atoms. The van der Waals surface area contributed by atoms with Gasteiger partial charge in [0.05, 0.1) is 0 Å². The maximum Gasteiger partial charge on any atom is 0.140 e. The second kappa shape index (κ2) is 6.96. The number of nitrogens with one attached hydrogen (secondary N) is 1. The highest BCUT2D eigenvalue weighted by molar-refractivity contribution is 5.36. The average Bonchev–Trinajstić information content (AvgIpc) is 3.31. The lowest BCUT2D eigenvalue weighted by Crippen LogP contribution is -2.64. The topological polar surface area (TPSA) is 31.0 Å². The normalized spacial score (nSPS) is 42.6. The van der Waals surface area contributed by atoms with Gasteiger partial charge in [-0.05, 0) is 24.3 Å². The van der Waals surface area contributed by atoms with Crippen LogP contribution in [0.3, 0.4) is 0 Å². The highest BCUT2D eigenvalue weighted by Crippen LogP contribution is 2.34. The van der Waals surface area contributed by atoms with E-state index in [9.17, 15) is 0 Å². The average molecular weight is 327 g/mol. The highest BCUT2D eigenvalue weighted by Gasteiger charge is 2.46. The number of ether oxygens (including phenoxy) is 1. The molecule has 0 radical (unpaired) electrons. The van der Waals surface area contributed by atoms with Crippen molar-refractivity contribution in [1.82, 2.24) is 15.3 Å². The van der Waals surface area contributed by atoms with Crippen molar-refractivity contribution in [2.45, 2.75) is 50.6 Å². The number of piperidine rings is 1. The van der Waals surface area contributed by atoms with Crippen molar-refractivity contribution in [3.05, 3.63) is 48.1 Å². The zero-order chi connectivity index (χ0) is 16.5. The summed E-state index contributed by atoms with van der Waals surface area (Å²) in [6.45, 7) is 4.70. The van der Waals surface area contributed by atoms with Crippen LogP contribution in [0.5, 0.6) is 0 Å². The third-order valence-corrected chi connectivity index (χ3v) is 5.88. The second-order valence-electron chi connectivity index (χ2n) is 7.47. The number of allylic oxidation sites excluding steroid dienone is 6. The molecule has 0 amide bonds. The van der Waals surface area contributed by atoms with Crippen LogP contribution in [0.25, 0.3) is 0 Å². The van der Waals surface area contributed by atoms with E-state index in [0.29, 0.717) is 18.0 Å². The van der Waals surface area contributed by atoms with Gasteiger partial charge in [0.15, 0.2) is 0 Å². The fraction of sp³-hybridized carbons (Fsp3) is 0.600. The van der Waals surface area contributed by atoms with E-state index < -0.39 is 0 Å². The predicted molar refractivity (Wildman–Crippen MR) is 97.2 cm³/mol. The van der Waals surface area contributed by atoms with Crippen LogP contribution in [-0.4, -0.2) is 54.6 Å². The van der Waals surface area contributed by atoms with Crippen LogP contribution in [0.15, 0.2) is 48.1 Å². The molecule has 3 fully saturated rings. The highest BCUT2D eigenvalue weighted by atomic mass is 16.6. The van der Waals surface area contributed by atoms with Crippen LogP contribution in [0.4, 0.5) is 0 Å². The maximum absolute atomic E-state index is 5.95. The SMILES string of the molecule is CC1C(NC2OC2C2=C/C=C\C=C/C=C2)CN(C)N2CCCCC12. The molecule has 130 valence electrons. The van der Waals surface area contributed by atoms with E-state index in [0.717, 1.165) is 6.54 Å². The van der Waals surface area contributed by atoms with Crippen LogP contribution in [0.2, 0.25) is 0 Å². The van der Waals surface area contributed by atoms with Crippen LogP contribution < -0.4 is 5.32 Å². The summed E-state index contributed by atoms with van der Waals surface area (Å²) in [7, 11) is 2.24. The molecule has 5 unspecified atom stereocenters. The van der Waals surface area contributed by atoms with Gasteiger partial charge in [-0.25, -0.2) is 10.0 Å². The van der Waals surface area contributed by atoms with E-state index in [4.69, 9.17) is 4.74 Å². The molecule has 3 saturated heterocycles. The molecule has 4 aliphatic rings. The van der Waals surface area contributed by atoms with Crippen molar-refractivity contribution in [2.24, 2.45) is 5.92 Å². The first kappa shape index (κ1) is 16.3. The number of hydrogen-bond acceptors (Lipinski definition) is 4. The molecule has 3 heterocycles. The molecular weight excluding hydrogens is 298 g/mol. The van der Waals surface area contributed by atoms with Gasteiger partial charge < -0.3 is 4.74 Å². The Kier molecular flexibility index (Phi) is 4.72. The van der Waals surface area contributed by atoms with Crippen molar-refractivity contribution in [1.29, 1.82) is 0 Å². The maximum atomic E-state index is 5.95. The monoisotopic (exact) mass is 327 g/mol. The molecule has 0 aromatic rings. The predicted octanol–water partition coefficient (Wildman–Crippen LogP) is 2.63. The molecule has 24 heavy (non-hydrogen) atoms. The lowest BCUT2D eigenvalue weighted by molar-refractivity contribution is -0.122. The van der Waals surface area contributed by atoms with E-state index in [1.54, 1.807) is 0 Å². The largest absolute Gasteiger partial charge is 0.348 e. The number of epoxide rings is 1. The van der Waals surface area contributed by atoms with Crippen molar-refractivity contribution >= 4 is 0 Å². The molecule has 0 saturated carbocycles. The summed E-state index contributed by atoms with van der Waals surface area (Å²) in [5, 5.41) is 8.81. The molecule has 4 heteroatoms. The van der Waals surface area contributed by atoms with Gasteiger partial charge in [0.25, 0.3) is 0 Å². The van der Waals surface area contributed by atoms with E-state index in [1.807, 2.05) is 6.08 Å². The minimum absolute atomic E-state index is 0.161. The number of hydrazine groups is 1. The van der Waals surface area contributed by atoms with Gasteiger partial charge >= 0.3 is 0 Å². The lowest BCUT2D eigenvalue weighted by atomic mass is 9.85. The van der Waals surface area contributed by atoms with Crippen molar-refractivity contribution < 1.29 is 4.74 Å². The van der Waals surface area contributed by atoms with E-state index >= 15 is 0 Å². The van der Waals surface area contributed by atoms with Gasteiger partial charge in [0, 0.05) is 32.2 Å². The second-order valence-corrected chi connectivity index (χ2v) is 7.47. The summed E-state index contributed by atoms with van der Waals surface area (Å²) in [5.74, 6) is 0.663. The van der Waals surface area contributed by atoms with Crippen molar-refractivity contribution in [2.75, 3.05) is 20.1 Å². The van der Waals surface area contributed by atoms with E-state index in [-0.39, 0.29) is 12.3 Å². The summed E-state index contributed by atoms with van der Waals surface area (Å²) in [6.07, 6.45) is 19.0. The summed E-state index contributed by atoms with van der Waals surface area (Å²) in [4.78, 5) is 0. The van der Waals surface area contributed by atoms with Gasteiger partial charge in [0.1, 0.15) is 12.3 Å².